The number of ether oxygens (including phenoxy) is 2. The molecule has 1 saturated carbocycles. The Hall–Kier alpha value is -1.22. The van der Waals surface area contributed by atoms with Gasteiger partial charge in [0.05, 0.1) is 13.2 Å². The topological polar surface area (TPSA) is 44.5 Å². The van der Waals surface area contributed by atoms with E-state index in [0.717, 1.165) is 43.1 Å². The second-order valence-electron chi connectivity index (χ2n) is 6.35. The van der Waals surface area contributed by atoms with E-state index in [-0.39, 0.29) is 6.04 Å². The molecule has 1 aromatic carbocycles. The van der Waals surface area contributed by atoms with Crippen molar-refractivity contribution >= 4 is 0 Å². The number of hydrogen-bond acceptors (Lipinski definition) is 3. The molecule has 1 atom stereocenters. The van der Waals surface area contributed by atoms with E-state index >= 15 is 0 Å². The summed E-state index contributed by atoms with van der Waals surface area (Å²) in [4.78, 5) is 0. The van der Waals surface area contributed by atoms with E-state index in [1.807, 2.05) is 12.1 Å². The number of nitrogens with two attached hydrogens (primary N) is 1. The molecule has 21 heavy (non-hydrogen) atoms. The lowest BCUT2D eigenvalue weighted by molar-refractivity contribution is 0.134. The van der Waals surface area contributed by atoms with Crippen molar-refractivity contribution < 1.29 is 9.47 Å². The van der Waals surface area contributed by atoms with Gasteiger partial charge in [0, 0.05) is 6.04 Å². The Labute approximate surface area is 128 Å². The minimum atomic E-state index is 0.172. The highest BCUT2D eigenvalue weighted by molar-refractivity contribution is 5.41. The van der Waals surface area contributed by atoms with Gasteiger partial charge in [0.25, 0.3) is 0 Å². The molecule has 0 saturated heterocycles. The third-order valence-corrected chi connectivity index (χ3v) is 4.53. The lowest BCUT2D eigenvalue weighted by Gasteiger charge is -2.28. The molecule has 1 aliphatic rings. The minimum absolute atomic E-state index is 0.172. The SMILES string of the molecule is CCC(N)Cc1cc(OC)ccc1OC1CCC(C)CC1. The first-order valence-corrected chi connectivity index (χ1v) is 8.21. The molecule has 3 nitrogen and oxygen atoms in total. The van der Waals surface area contributed by atoms with Gasteiger partial charge in [0.15, 0.2) is 0 Å². The van der Waals surface area contributed by atoms with Gasteiger partial charge in [-0.25, -0.2) is 0 Å². The van der Waals surface area contributed by atoms with Gasteiger partial charge in [0.1, 0.15) is 11.5 Å². The van der Waals surface area contributed by atoms with Crippen molar-refractivity contribution in [2.45, 2.75) is 64.5 Å². The first-order valence-electron chi connectivity index (χ1n) is 8.21. The highest BCUT2D eigenvalue weighted by atomic mass is 16.5. The summed E-state index contributed by atoms with van der Waals surface area (Å²) in [5.41, 5.74) is 7.29. The average molecular weight is 291 g/mol. The van der Waals surface area contributed by atoms with Crippen LogP contribution < -0.4 is 15.2 Å². The Bertz CT molecular complexity index is 439. The molecule has 0 spiro atoms. The van der Waals surface area contributed by atoms with E-state index in [1.165, 1.54) is 18.4 Å². The van der Waals surface area contributed by atoms with Crippen molar-refractivity contribution in [2.75, 3.05) is 7.11 Å². The number of methoxy groups -OCH3 is 1. The molecule has 1 aliphatic carbocycles. The summed E-state index contributed by atoms with van der Waals surface area (Å²) < 4.78 is 11.6. The molecule has 0 heterocycles. The van der Waals surface area contributed by atoms with Crippen LogP contribution in [0.5, 0.6) is 11.5 Å². The zero-order chi connectivity index (χ0) is 15.2. The quantitative estimate of drug-likeness (QED) is 0.863. The monoisotopic (exact) mass is 291 g/mol. The minimum Gasteiger partial charge on any atom is -0.497 e. The Morgan fingerprint density at radius 1 is 1.24 bits per heavy atom. The molecular weight excluding hydrogens is 262 g/mol. The molecule has 0 aromatic heterocycles. The highest BCUT2D eigenvalue weighted by Crippen LogP contribution is 2.31. The summed E-state index contributed by atoms with van der Waals surface area (Å²) in [5.74, 6) is 2.70. The Morgan fingerprint density at radius 3 is 2.57 bits per heavy atom. The molecule has 1 fully saturated rings. The summed E-state index contributed by atoms with van der Waals surface area (Å²) in [6.45, 7) is 4.45. The fourth-order valence-electron chi connectivity index (χ4n) is 2.91. The molecule has 118 valence electrons. The van der Waals surface area contributed by atoms with Crippen LogP contribution in [0.15, 0.2) is 18.2 Å². The Kier molecular flexibility index (Phi) is 5.92. The van der Waals surface area contributed by atoms with E-state index in [4.69, 9.17) is 15.2 Å². The van der Waals surface area contributed by atoms with Gasteiger partial charge in [-0.2, -0.15) is 0 Å². The summed E-state index contributed by atoms with van der Waals surface area (Å²) in [7, 11) is 1.70. The fraction of sp³-hybridized carbons (Fsp3) is 0.667. The second-order valence-corrected chi connectivity index (χ2v) is 6.35. The zero-order valence-electron chi connectivity index (χ0n) is 13.6. The van der Waals surface area contributed by atoms with Gasteiger partial charge in [-0.15, -0.1) is 0 Å². The van der Waals surface area contributed by atoms with Crippen molar-refractivity contribution in [3.05, 3.63) is 23.8 Å². The molecular formula is C18H29NO2. The predicted molar refractivity (Wildman–Crippen MR) is 87.0 cm³/mol. The van der Waals surface area contributed by atoms with Crippen LogP contribution >= 0.6 is 0 Å². The lowest BCUT2D eigenvalue weighted by atomic mass is 9.89. The Balaban J connectivity index is 2.09. The fourth-order valence-corrected chi connectivity index (χ4v) is 2.91. The van der Waals surface area contributed by atoms with Crippen molar-refractivity contribution in [2.24, 2.45) is 11.7 Å². The third kappa shape index (κ3) is 4.63. The van der Waals surface area contributed by atoms with Gasteiger partial charge < -0.3 is 15.2 Å². The second kappa shape index (κ2) is 7.69. The number of rotatable bonds is 6. The molecule has 0 aliphatic heterocycles. The molecule has 1 aromatic rings. The van der Waals surface area contributed by atoms with E-state index in [2.05, 4.69) is 19.9 Å². The summed E-state index contributed by atoms with van der Waals surface area (Å²) in [6.07, 6.45) is 7.02. The lowest BCUT2D eigenvalue weighted by Crippen LogP contribution is -2.25. The molecule has 0 bridgehead atoms. The van der Waals surface area contributed by atoms with E-state index in [1.54, 1.807) is 7.11 Å². The van der Waals surface area contributed by atoms with Crippen molar-refractivity contribution in [3.8, 4) is 11.5 Å². The molecule has 0 radical (unpaired) electrons. The molecule has 2 N–H and O–H groups in total. The summed E-state index contributed by atoms with van der Waals surface area (Å²) in [5, 5.41) is 0. The first kappa shape index (κ1) is 16.2. The maximum absolute atomic E-state index is 6.27. The van der Waals surface area contributed by atoms with Crippen molar-refractivity contribution in [1.29, 1.82) is 0 Å². The van der Waals surface area contributed by atoms with Crippen LogP contribution in [0.3, 0.4) is 0 Å². The van der Waals surface area contributed by atoms with Crippen LogP contribution in [0.1, 0.15) is 51.5 Å². The standard InChI is InChI=1S/C18H29NO2/c1-4-15(19)11-14-12-17(20-3)9-10-18(14)21-16-7-5-13(2)6-8-16/h9-10,12-13,15-16H,4-8,11,19H2,1-3H3. The molecule has 2 rings (SSSR count). The van der Waals surface area contributed by atoms with E-state index in [0.29, 0.717) is 6.10 Å². The third-order valence-electron chi connectivity index (χ3n) is 4.53. The first-order chi connectivity index (χ1) is 10.1. The van der Waals surface area contributed by atoms with Gasteiger partial charge in [0.2, 0.25) is 0 Å². The maximum atomic E-state index is 6.27. The summed E-state index contributed by atoms with van der Waals surface area (Å²) >= 11 is 0. The summed E-state index contributed by atoms with van der Waals surface area (Å²) in [6, 6.07) is 6.25. The Morgan fingerprint density at radius 2 is 1.95 bits per heavy atom. The average Bonchev–Trinajstić information content (AvgIpc) is 2.51. The zero-order valence-corrected chi connectivity index (χ0v) is 13.6. The van der Waals surface area contributed by atoms with Crippen LogP contribution in [-0.4, -0.2) is 19.3 Å². The smallest absolute Gasteiger partial charge is 0.123 e. The predicted octanol–water partition coefficient (Wildman–Crippen LogP) is 3.93. The van der Waals surface area contributed by atoms with Crippen LogP contribution in [0.2, 0.25) is 0 Å². The van der Waals surface area contributed by atoms with Gasteiger partial charge >= 0.3 is 0 Å². The van der Waals surface area contributed by atoms with Crippen molar-refractivity contribution in [3.63, 3.8) is 0 Å². The van der Waals surface area contributed by atoms with Crippen LogP contribution in [0.4, 0.5) is 0 Å². The molecule has 1 unspecified atom stereocenters. The highest BCUT2D eigenvalue weighted by Gasteiger charge is 2.21. The van der Waals surface area contributed by atoms with Crippen LogP contribution in [0, 0.1) is 5.92 Å². The number of hydrogen-bond donors (Lipinski definition) is 1. The maximum Gasteiger partial charge on any atom is 0.123 e. The van der Waals surface area contributed by atoms with E-state index < -0.39 is 0 Å². The van der Waals surface area contributed by atoms with Crippen molar-refractivity contribution in [1.82, 2.24) is 0 Å². The molecule has 3 heteroatoms. The largest absolute Gasteiger partial charge is 0.497 e. The molecule has 0 amide bonds. The number of benzene rings is 1. The van der Waals surface area contributed by atoms with Gasteiger partial charge in [-0.3, -0.25) is 0 Å². The van der Waals surface area contributed by atoms with E-state index in [9.17, 15) is 0 Å². The van der Waals surface area contributed by atoms with Crippen LogP contribution in [0.25, 0.3) is 0 Å². The van der Waals surface area contributed by atoms with Gasteiger partial charge in [-0.1, -0.05) is 13.8 Å². The van der Waals surface area contributed by atoms with Crippen LogP contribution in [-0.2, 0) is 6.42 Å². The van der Waals surface area contributed by atoms with Gasteiger partial charge in [-0.05, 0) is 68.2 Å². The normalized spacial score (nSPS) is 23.6.